The molecule has 6 heteroatoms. The lowest BCUT2D eigenvalue weighted by Crippen LogP contribution is -2.52. The van der Waals surface area contributed by atoms with Crippen LogP contribution in [0.15, 0.2) is 30.3 Å². The van der Waals surface area contributed by atoms with Gasteiger partial charge in [-0.15, -0.1) is 0 Å². The minimum Gasteiger partial charge on any atom is -0.385 e. The summed E-state index contributed by atoms with van der Waals surface area (Å²) in [6.07, 6.45) is 7.45. The van der Waals surface area contributed by atoms with E-state index in [-0.39, 0.29) is 17.7 Å². The summed E-state index contributed by atoms with van der Waals surface area (Å²) >= 11 is 0. The number of hydrogen-bond donors (Lipinski definition) is 0. The molecule has 3 saturated heterocycles. The number of carbonyl (C=O) groups is 2. The van der Waals surface area contributed by atoms with Crippen molar-refractivity contribution in [3.63, 3.8) is 0 Å². The number of nitrogens with zero attached hydrogens (tertiary/aromatic N) is 3. The van der Waals surface area contributed by atoms with Crippen molar-refractivity contribution in [2.75, 3.05) is 51.3 Å². The molecule has 31 heavy (non-hydrogen) atoms. The number of anilines is 1. The van der Waals surface area contributed by atoms with Gasteiger partial charge in [-0.1, -0.05) is 24.6 Å². The van der Waals surface area contributed by atoms with Gasteiger partial charge < -0.3 is 19.4 Å². The van der Waals surface area contributed by atoms with E-state index in [4.69, 9.17) is 4.74 Å². The number of rotatable bonds is 8. The fourth-order valence-corrected chi connectivity index (χ4v) is 5.75. The summed E-state index contributed by atoms with van der Waals surface area (Å²) in [6, 6.07) is 10.3. The molecule has 1 aromatic carbocycles. The molecule has 0 radical (unpaired) electrons. The van der Waals surface area contributed by atoms with Crippen molar-refractivity contribution < 1.29 is 14.3 Å². The zero-order valence-electron chi connectivity index (χ0n) is 18.9. The zero-order chi connectivity index (χ0) is 21.6. The first-order valence-electron chi connectivity index (χ1n) is 12.0. The number of para-hydroxylation sites is 1. The molecule has 3 atom stereocenters. The average Bonchev–Trinajstić information content (AvgIpc) is 3.20. The fraction of sp³-hybridized carbons (Fsp3) is 0.680. The third kappa shape index (κ3) is 5.29. The van der Waals surface area contributed by atoms with E-state index in [9.17, 15) is 9.59 Å². The molecule has 0 N–H and O–H groups in total. The van der Waals surface area contributed by atoms with Gasteiger partial charge in [0.2, 0.25) is 11.8 Å². The normalized spacial score (nSPS) is 26.7. The van der Waals surface area contributed by atoms with E-state index in [0.29, 0.717) is 38.1 Å². The van der Waals surface area contributed by atoms with E-state index >= 15 is 0 Å². The molecule has 0 saturated carbocycles. The van der Waals surface area contributed by atoms with Crippen LogP contribution in [0.4, 0.5) is 5.69 Å². The number of methoxy groups -OCH3 is 1. The van der Waals surface area contributed by atoms with Gasteiger partial charge in [-0.25, -0.2) is 0 Å². The van der Waals surface area contributed by atoms with Gasteiger partial charge in [0, 0.05) is 51.5 Å². The minimum atomic E-state index is -0.249. The Kier molecular flexibility index (Phi) is 7.62. The molecule has 2 amide bonds. The van der Waals surface area contributed by atoms with Gasteiger partial charge in [0.05, 0.1) is 5.92 Å². The Hall–Kier alpha value is -1.92. The van der Waals surface area contributed by atoms with Crippen molar-refractivity contribution in [1.82, 2.24) is 9.80 Å². The summed E-state index contributed by atoms with van der Waals surface area (Å²) in [5, 5.41) is 0. The molecule has 3 aliphatic rings. The molecule has 6 nitrogen and oxygen atoms in total. The zero-order valence-corrected chi connectivity index (χ0v) is 18.9. The fourth-order valence-electron chi connectivity index (χ4n) is 5.75. The highest BCUT2D eigenvalue weighted by atomic mass is 16.5. The SMILES string of the molecule is COCCCN(C[C@@H]1CCCN2CCCC[C@@H]12)C(=O)[C@H]1CC(=O)N(c2ccccc2)C1. The molecule has 3 aliphatic heterocycles. The molecular weight excluding hydrogens is 390 g/mol. The molecule has 0 spiro atoms. The van der Waals surface area contributed by atoms with Crippen molar-refractivity contribution >= 4 is 17.5 Å². The molecule has 3 fully saturated rings. The molecule has 3 heterocycles. The molecule has 0 aromatic heterocycles. The lowest BCUT2D eigenvalue weighted by atomic mass is 9.83. The average molecular weight is 428 g/mol. The summed E-state index contributed by atoms with van der Waals surface area (Å²) in [5.41, 5.74) is 0.888. The Morgan fingerprint density at radius 3 is 2.74 bits per heavy atom. The first-order valence-corrected chi connectivity index (χ1v) is 12.0. The van der Waals surface area contributed by atoms with E-state index in [1.807, 2.05) is 30.3 Å². The van der Waals surface area contributed by atoms with Gasteiger partial charge in [0.15, 0.2) is 0 Å². The Bertz CT molecular complexity index is 739. The lowest BCUT2D eigenvalue weighted by molar-refractivity contribution is -0.137. The number of hydrogen-bond acceptors (Lipinski definition) is 4. The predicted molar refractivity (Wildman–Crippen MR) is 122 cm³/mol. The smallest absolute Gasteiger partial charge is 0.228 e. The molecule has 0 unspecified atom stereocenters. The van der Waals surface area contributed by atoms with Crippen LogP contribution >= 0.6 is 0 Å². The first-order chi connectivity index (χ1) is 15.2. The van der Waals surface area contributed by atoms with Crippen LogP contribution in [0.25, 0.3) is 0 Å². The Balaban J connectivity index is 1.44. The maximum absolute atomic E-state index is 13.6. The topological polar surface area (TPSA) is 53.1 Å². The summed E-state index contributed by atoms with van der Waals surface area (Å²) in [4.78, 5) is 32.8. The lowest BCUT2D eigenvalue weighted by Gasteiger charge is -2.46. The van der Waals surface area contributed by atoms with E-state index in [1.54, 1.807) is 12.0 Å². The molecular formula is C25H37N3O3. The van der Waals surface area contributed by atoms with Crippen molar-refractivity contribution in [2.45, 2.75) is 51.0 Å². The Labute approximate surface area is 186 Å². The van der Waals surface area contributed by atoms with Crippen LogP contribution in [-0.4, -0.2) is 74.1 Å². The number of piperidine rings is 2. The van der Waals surface area contributed by atoms with Gasteiger partial charge in [-0.3, -0.25) is 9.59 Å². The largest absolute Gasteiger partial charge is 0.385 e. The maximum atomic E-state index is 13.6. The van der Waals surface area contributed by atoms with E-state index in [2.05, 4.69) is 9.80 Å². The quantitative estimate of drug-likeness (QED) is 0.598. The van der Waals surface area contributed by atoms with Crippen LogP contribution in [0, 0.1) is 11.8 Å². The van der Waals surface area contributed by atoms with Crippen LogP contribution in [0.2, 0.25) is 0 Å². The van der Waals surface area contributed by atoms with E-state index in [1.165, 1.54) is 45.2 Å². The molecule has 4 rings (SSSR count). The van der Waals surface area contributed by atoms with E-state index in [0.717, 1.165) is 18.7 Å². The van der Waals surface area contributed by atoms with Crippen molar-refractivity contribution in [1.29, 1.82) is 0 Å². The summed E-state index contributed by atoms with van der Waals surface area (Å²) in [5.74, 6) is 0.498. The van der Waals surface area contributed by atoms with Crippen molar-refractivity contribution in [3.05, 3.63) is 30.3 Å². The third-order valence-electron chi connectivity index (χ3n) is 7.31. The number of amides is 2. The molecule has 1 aromatic rings. The van der Waals surface area contributed by atoms with Crippen molar-refractivity contribution in [3.8, 4) is 0 Å². The Morgan fingerprint density at radius 1 is 1.13 bits per heavy atom. The minimum absolute atomic E-state index is 0.0533. The van der Waals surface area contributed by atoms with Crippen LogP contribution in [0.1, 0.15) is 44.9 Å². The van der Waals surface area contributed by atoms with Crippen molar-refractivity contribution in [2.24, 2.45) is 11.8 Å². The van der Waals surface area contributed by atoms with Gasteiger partial charge in [-0.2, -0.15) is 0 Å². The Morgan fingerprint density at radius 2 is 1.94 bits per heavy atom. The van der Waals surface area contributed by atoms with Crippen LogP contribution in [0.3, 0.4) is 0 Å². The second-order valence-corrected chi connectivity index (χ2v) is 9.37. The van der Waals surface area contributed by atoms with Gasteiger partial charge >= 0.3 is 0 Å². The number of carbonyl (C=O) groups excluding carboxylic acids is 2. The number of ether oxygens (including phenoxy) is 1. The highest BCUT2D eigenvalue weighted by molar-refractivity contribution is 6.00. The summed E-state index contributed by atoms with van der Waals surface area (Å²) in [7, 11) is 1.71. The summed E-state index contributed by atoms with van der Waals surface area (Å²) < 4.78 is 5.26. The maximum Gasteiger partial charge on any atom is 0.228 e. The highest BCUT2D eigenvalue weighted by Gasteiger charge is 2.39. The second-order valence-electron chi connectivity index (χ2n) is 9.37. The molecule has 0 bridgehead atoms. The van der Waals surface area contributed by atoms with Gasteiger partial charge in [0.1, 0.15) is 0 Å². The number of fused-ring (bicyclic) bond motifs is 1. The van der Waals surface area contributed by atoms with Crippen LogP contribution < -0.4 is 4.90 Å². The number of benzene rings is 1. The third-order valence-corrected chi connectivity index (χ3v) is 7.31. The highest BCUT2D eigenvalue weighted by Crippen LogP contribution is 2.32. The van der Waals surface area contributed by atoms with Gasteiger partial charge in [-0.05, 0) is 63.2 Å². The second kappa shape index (κ2) is 10.6. The summed E-state index contributed by atoms with van der Waals surface area (Å²) in [6.45, 7) is 5.10. The predicted octanol–water partition coefficient (Wildman–Crippen LogP) is 3.17. The molecule has 170 valence electrons. The monoisotopic (exact) mass is 427 g/mol. The van der Waals surface area contributed by atoms with Crippen LogP contribution in [-0.2, 0) is 14.3 Å². The standard InChI is InChI=1S/C25H37N3O3/c1-31-16-8-15-27(18-20-9-7-14-26-13-6-5-12-23(20)26)25(30)21-17-24(29)28(19-21)22-10-3-2-4-11-22/h2-4,10-11,20-21,23H,5-9,12-19H2,1H3/t20-,21-,23-/m0/s1. The van der Waals surface area contributed by atoms with E-state index < -0.39 is 0 Å². The molecule has 0 aliphatic carbocycles. The van der Waals surface area contributed by atoms with Gasteiger partial charge in [0.25, 0.3) is 0 Å². The first kappa shape index (κ1) is 22.3. The van der Waals surface area contributed by atoms with Crippen LogP contribution in [0.5, 0.6) is 0 Å².